The smallest absolute Gasteiger partial charge is 0.433 e. The lowest BCUT2D eigenvalue weighted by molar-refractivity contribution is -0.607. The number of carbonyl (C=O) groups is 2. The Morgan fingerprint density at radius 3 is 2.69 bits per heavy atom. The minimum atomic E-state index is -0.337. The first kappa shape index (κ1) is 18.5. The summed E-state index contributed by atoms with van der Waals surface area (Å²) in [7, 11) is 3.14. The molecule has 136 valence electrons. The van der Waals surface area contributed by atoms with Gasteiger partial charge in [0.05, 0.1) is 26.2 Å². The van der Waals surface area contributed by atoms with Crippen LogP contribution in [0.25, 0.3) is 6.08 Å². The Labute approximate surface area is 159 Å². The van der Waals surface area contributed by atoms with E-state index in [1.54, 1.807) is 31.8 Å². The fourth-order valence-corrected chi connectivity index (χ4v) is 4.73. The zero-order valence-electron chi connectivity index (χ0n) is 14.6. The quantitative estimate of drug-likeness (QED) is 0.428. The number of methoxy groups -OCH3 is 2. The highest BCUT2D eigenvalue weighted by Gasteiger charge is 2.40. The molecule has 3 rings (SSSR count). The first-order chi connectivity index (χ1) is 12.6. The monoisotopic (exact) mass is 392 g/mol. The predicted molar refractivity (Wildman–Crippen MR) is 98.9 cm³/mol. The number of esters is 1. The van der Waals surface area contributed by atoms with E-state index < -0.39 is 0 Å². The van der Waals surface area contributed by atoms with Gasteiger partial charge in [-0.2, -0.15) is 0 Å². The van der Waals surface area contributed by atoms with Gasteiger partial charge >= 0.3 is 16.2 Å². The summed E-state index contributed by atoms with van der Waals surface area (Å²) < 4.78 is 17.9. The normalized spacial score (nSPS) is 14.4. The van der Waals surface area contributed by atoms with E-state index in [0.717, 1.165) is 9.90 Å². The summed E-state index contributed by atoms with van der Waals surface area (Å²) in [5, 5.41) is 1.82. The third kappa shape index (κ3) is 3.61. The summed E-state index contributed by atoms with van der Waals surface area (Å²) in [5.41, 5.74) is 1.48. The molecule has 8 heteroatoms. The van der Waals surface area contributed by atoms with Gasteiger partial charge in [0.1, 0.15) is 11.3 Å². The van der Waals surface area contributed by atoms with Crippen LogP contribution in [0.15, 0.2) is 32.8 Å². The number of aromatic nitrogens is 1. The Kier molecular flexibility index (Phi) is 5.63. The maximum atomic E-state index is 12.8. The van der Waals surface area contributed by atoms with Crippen LogP contribution in [0.1, 0.15) is 23.0 Å². The maximum Gasteiger partial charge on any atom is 0.433 e. The Morgan fingerprint density at radius 1 is 1.23 bits per heavy atom. The molecule has 0 saturated carbocycles. The number of nitrogens with zero attached hydrogens (tertiary/aromatic N) is 1. The second kappa shape index (κ2) is 7.92. The molecule has 0 amide bonds. The van der Waals surface area contributed by atoms with Gasteiger partial charge in [-0.15, -0.1) is 4.57 Å². The average Bonchev–Trinajstić information content (AvgIpc) is 3.16. The van der Waals surface area contributed by atoms with E-state index in [1.807, 2.05) is 23.6 Å². The number of thioether (sulfide) groups is 1. The van der Waals surface area contributed by atoms with Crippen molar-refractivity contribution in [3.8, 4) is 11.5 Å². The van der Waals surface area contributed by atoms with Gasteiger partial charge < -0.3 is 14.2 Å². The number of allylic oxidation sites excluding steroid dienone is 1. The number of carbonyl (C=O) groups excluding carboxylic acids is 2. The number of fused-ring (bicyclic) bond motifs is 1. The predicted octanol–water partition coefficient (Wildman–Crippen LogP) is 2.95. The number of hydrogen-bond donors (Lipinski definition) is 0. The maximum absolute atomic E-state index is 12.8. The second-order valence-corrected chi connectivity index (χ2v) is 7.49. The van der Waals surface area contributed by atoms with E-state index in [0.29, 0.717) is 28.7 Å². The van der Waals surface area contributed by atoms with Gasteiger partial charge in [0, 0.05) is 11.8 Å². The minimum Gasteiger partial charge on any atom is -0.493 e. The first-order valence-corrected chi connectivity index (χ1v) is 9.61. The lowest BCUT2D eigenvalue weighted by atomic mass is 10.2. The van der Waals surface area contributed by atoms with Crippen molar-refractivity contribution in [2.45, 2.75) is 17.7 Å². The van der Waals surface area contributed by atoms with Crippen molar-refractivity contribution in [3.63, 3.8) is 0 Å². The van der Waals surface area contributed by atoms with Gasteiger partial charge in [0.2, 0.25) is 5.69 Å². The molecule has 1 aromatic carbocycles. The third-order valence-electron chi connectivity index (χ3n) is 3.71. The Balaban J connectivity index is 1.85. The number of hydrogen-bond acceptors (Lipinski definition) is 7. The summed E-state index contributed by atoms with van der Waals surface area (Å²) >= 11 is 2.83. The number of rotatable bonds is 6. The topological polar surface area (TPSA) is 65.7 Å². The van der Waals surface area contributed by atoms with Crippen LogP contribution in [-0.2, 0) is 16.0 Å². The Bertz CT molecular complexity index is 888. The van der Waals surface area contributed by atoms with E-state index in [9.17, 15) is 9.59 Å². The summed E-state index contributed by atoms with van der Waals surface area (Å²) in [6, 6.07) is 5.47. The first-order valence-electron chi connectivity index (χ1n) is 7.91. The molecular weight excluding hydrogens is 374 g/mol. The lowest BCUT2D eigenvalue weighted by Crippen LogP contribution is -2.43. The molecule has 0 aliphatic carbocycles. The number of benzene rings is 1. The Morgan fingerprint density at radius 2 is 2.00 bits per heavy atom. The molecule has 6 nitrogen and oxygen atoms in total. The molecule has 0 saturated heterocycles. The van der Waals surface area contributed by atoms with Crippen molar-refractivity contribution in [2.75, 3.05) is 20.8 Å². The zero-order valence-corrected chi connectivity index (χ0v) is 16.2. The number of thiazole rings is 1. The molecule has 2 heterocycles. The Hall–Kier alpha value is -2.32. The van der Waals surface area contributed by atoms with Crippen LogP contribution in [0.5, 0.6) is 11.5 Å². The van der Waals surface area contributed by atoms with Crippen molar-refractivity contribution < 1.29 is 28.4 Å². The lowest BCUT2D eigenvalue weighted by Gasteiger charge is -2.07. The molecule has 2 aromatic rings. The SMILES string of the molecule is CCOC(=O)Cc1csc2[n+]1C(=O)/C(=C\c1ccc(OC)c(OC)c1)S2. The summed E-state index contributed by atoms with van der Waals surface area (Å²) in [4.78, 5) is 25.1. The highest BCUT2D eigenvalue weighted by molar-refractivity contribution is 8.05. The van der Waals surface area contributed by atoms with Crippen molar-refractivity contribution in [3.05, 3.63) is 39.7 Å². The van der Waals surface area contributed by atoms with Gasteiger partial charge in [-0.1, -0.05) is 17.4 Å². The fraction of sp³-hybridized carbons (Fsp3) is 0.278. The van der Waals surface area contributed by atoms with Gasteiger partial charge in [0.25, 0.3) is 0 Å². The van der Waals surface area contributed by atoms with Gasteiger partial charge in [-0.25, -0.2) is 4.79 Å². The van der Waals surface area contributed by atoms with Crippen molar-refractivity contribution >= 4 is 41.1 Å². The highest BCUT2D eigenvalue weighted by atomic mass is 32.2. The molecule has 0 radical (unpaired) electrons. The van der Waals surface area contributed by atoms with E-state index in [1.165, 1.54) is 23.1 Å². The molecule has 1 aliphatic rings. The largest absolute Gasteiger partial charge is 0.493 e. The van der Waals surface area contributed by atoms with Crippen LogP contribution < -0.4 is 14.0 Å². The molecule has 1 aromatic heterocycles. The average molecular weight is 392 g/mol. The van der Waals surface area contributed by atoms with Gasteiger partial charge in [-0.05, 0) is 30.7 Å². The van der Waals surface area contributed by atoms with Crippen LogP contribution in [0, 0.1) is 0 Å². The zero-order chi connectivity index (χ0) is 18.7. The van der Waals surface area contributed by atoms with Crippen LogP contribution in [-0.4, -0.2) is 32.7 Å². The number of ether oxygens (including phenoxy) is 3. The molecule has 0 N–H and O–H groups in total. The molecular formula is C18H18NO5S2+. The third-order valence-corrected chi connectivity index (χ3v) is 5.90. The van der Waals surface area contributed by atoms with Gasteiger partial charge in [-0.3, -0.25) is 4.79 Å². The van der Waals surface area contributed by atoms with E-state index in [4.69, 9.17) is 14.2 Å². The second-order valence-electron chi connectivity index (χ2n) is 5.34. The molecule has 1 aliphatic heterocycles. The molecule has 0 fully saturated rings. The van der Waals surface area contributed by atoms with E-state index in [-0.39, 0.29) is 18.3 Å². The molecule has 26 heavy (non-hydrogen) atoms. The fourth-order valence-electron chi connectivity index (χ4n) is 2.54. The summed E-state index contributed by atoms with van der Waals surface area (Å²) in [6.07, 6.45) is 1.89. The van der Waals surface area contributed by atoms with Crippen LogP contribution in [0.4, 0.5) is 0 Å². The van der Waals surface area contributed by atoms with Crippen LogP contribution >= 0.6 is 23.1 Å². The van der Waals surface area contributed by atoms with E-state index in [2.05, 4.69) is 0 Å². The standard InChI is InChI=1S/C18H18NO5S2/c1-4-24-16(20)9-12-10-25-18-19(12)17(21)15(26-18)8-11-5-6-13(22-2)14(7-11)23-3/h5-8,10H,4,9H2,1-3H3/q+1/b15-8+. The molecule has 0 unspecified atom stereocenters. The minimum absolute atomic E-state index is 0.0836. The summed E-state index contributed by atoms with van der Waals surface area (Å²) in [5.74, 6) is 0.754. The highest BCUT2D eigenvalue weighted by Crippen LogP contribution is 2.37. The van der Waals surface area contributed by atoms with E-state index >= 15 is 0 Å². The molecule has 0 atom stereocenters. The van der Waals surface area contributed by atoms with Crippen LogP contribution in [0.2, 0.25) is 0 Å². The van der Waals surface area contributed by atoms with Crippen molar-refractivity contribution in [1.29, 1.82) is 0 Å². The van der Waals surface area contributed by atoms with Crippen LogP contribution in [0.3, 0.4) is 0 Å². The van der Waals surface area contributed by atoms with Gasteiger partial charge in [0.15, 0.2) is 11.5 Å². The molecule has 0 spiro atoms. The molecule has 0 bridgehead atoms. The van der Waals surface area contributed by atoms with Crippen molar-refractivity contribution in [1.82, 2.24) is 0 Å². The summed E-state index contributed by atoms with van der Waals surface area (Å²) in [6.45, 7) is 2.08. The van der Waals surface area contributed by atoms with Crippen molar-refractivity contribution in [2.24, 2.45) is 0 Å².